The highest BCUT2D eigenvalue weighted by molar-refractivity contribution is 8.01. The first-order valence-corrected chi connectivity index (χ1v) is 7.98. The fourth-order valence-electron chi connectivity index (χ4n) is 2.05. The standard InChI is InChI=1S/C12H11ClN4OS2/c1-2-14-10-6-3-7(13)9(4-8(6)17-11(10)18)19-12-15-5-16-20-12/h3-5,10,14H,2H2,1H3,(H,17,18). The van der Waals surface area contributed by atoms with Crippen LogP contribution < -0.4 is 10.6 Å². The molecule has 0 spiro atoms. The molecule has 0 fully saturated rings. The van der Waals surface area contributed by atoms with Crippen LogP contribution in [0.3, 0.4) is 0 Å². The third kappa shape index (κ3) is 2.54. The second-order valence-corrected chi connectivity index (χ2v) is 6.64. The number of aromatic nitrogens is 2. The average molecular weight is 327 g/mol. The van der Waals surface area contributed by atoms with Gasteiger partial charge in [0.2, 0.25) is 5.91 Å². The van der Waals surface area contributed by atoms with Gasteiger partial charge in [-0.1, -0.05) is 30.3 Å². The zero-order valence-corrected chi connectivity index (χ0v) is 12.9. The summed E-state index contributed by atoms with van der Waals surface area (Å²) >= 11 is 9.06. The van der Waals surface area contributed by atoms with Crippen LogP contribution in [0.15, 0.2) is 27.7 Å². The Labute approximate surface area is 129 Å². The average Bonchev–Trinajstić information content (AvgIpc) is 3.01. The lowest BCUT2D eigenvalue weighted by atomic mass is 10.1. The lowest BCUT2D eigenvalue weighted by Crippen LogP contribution is -2.27. The van der Waals surface area contributed by atoms with E-state index in [1.54, 1.807) is 0 Å². The van der Waals surface area contributed by atoms with E-state index in [2.05, 4.69) is 20.0 Å². The fourth-order valence-corrected chi connectivity index (χ4v) is 3.78. The summed E-state index contributed by atoms with van der Waals surface area (Å²) < 4.78 is 4.77. The van der Waals surface area contributed by atoms with Gasteiger partial charge in [-0.3, -0.25) is 4.79 Å². The molecular weight excluding hydrogens is 316 g/mol. The van der Waals surface area contributed by atoms with Crippen molar-refractivity contribution in [2.24, 2.45) is 0 Å². The monoisotopic (exact) mass is 326 g/mol. The number of nitrogens with one attached hydrogen (secondary N) is 2. The zero-order chi connectivity index (χ0) is 14.1. The second kappa shape index (κ2) is 5.69. The lowest BCUT2D eigenvalue weighted by Gasteiger charge is -2.10. The van der Waals surface area contributed by atoms with Crippen molar-refractivity contribution in [1.29, 1.82) is 0 Å². The van der Waals surface area contributed by atoms with Crippen molar-refractivity contribution in [2.45, 2.75) is 22.2 Å². The van der Waals surface area contributed by atoms with E-state index >= 15 is 0 Å². The quantitative estimate of drug-likeness (QED) is 0.904. The van der Waals surface area contributed by atoms with Crippen LogP contribution in [0.1, 0.15) is 18.5 Å². The number of benzene rings is 1. The van der Waals surface area contributed by atoms with Crippen LogP contribution in [0.4, 0.5) is 5.69 Å². The molecule has 1 unspecified atom stereocenters. The molecule has 1 amide bonds. The molecule has 0 radical (unpaired) electrons. The van der Waals surface area contributed by atoms with Crippen molar-refractivity contribution in [1.82, 2.24) is 14.7 Å². The summed E-state index contributed by atoms with van der Waals surface area (Å²) in [5, 5.41) is 6.63. The molecule has 1 aromatic heterocycles. The van der Waals surface area contributed by atoms with Gasteiger partial charge >= 0.3 is 0 Å². The first kappa shape index (κ1) is 13.8. The Hall–Kier alpha value is -1.15. The molecule has 0 saturated heterocycles. The topological polar surface area (TPSA) is 66.9 Å². The first-order valence-electron chi connectivity index (χ1n) is 6.01. The minimum absolute atomic E-state index is 0.0454. The molecule has 2 aromatic rings. The van der Waals surface area contributed by atoms with E-state index in [0.29, 0.717) is 5.02 Å². The Morgan fingerprint density at radius 2 is 2.40 bits per heavy atom. The number of anilines is 1. The Bertz CT molecular complexity index is 647. The largest absolute Gasteiger partial charge is 0.324 e. The molecule has 0 saturated carbocycles. The zero-order valence-electron chi connectivity index (χ0n) is 10.5. The van der Waals surface area contributed by atoms with Gasteiger partial charge in [-0.25, -0.2) is 4.98 Å². The summed E-state index contributed by atoms with van der Waals surface area (Å²) in [6.45, 7) is 2.68. The predicted octanol–water partition coefficient (Wildman–Crippen LogP) is 2.95. The number of fused-ring (bicyclic) bond motifs is 1. The van der Waals surface area contributed by atoms with Crippen LogP contribution in [0.5, 0.6) is 0 Å². The molecule has 3 rings (SSSR count). The number of nitrogens with zero attached hydrogens (tertiary/aromatic N) is 2. The molecule has 20 heavy (non-hydrogen) atoms. The number of amides is 1. The number of carbonyl (C=O) groups excluding carboxylic acids is 1. The maximum absolute atomic E-state index is 11.9. The van der Waals surface area contributed by atoms with Gasteiger partial charge in [-0.15, -0.1) is 0 Å². The lowest BCUT2D eigenvalue weighted by molar-refractivity contribution is -0.117. The maximum atomic E-state index is 11.9. The highest BCUT2D eigenvalue weighted by Crippen LogP contribution is 2.41. The Morgan fingerprint density at radius 1 is 1.55 bits per heavy atom. The molecule has 1 aliphatic heterocycles. The summed E-state index contributed by atoms with van der Waals surface area (Å²) in [5.41, 5.74) is 1.70. The highest BCUT2D eigenvalue weighted by Gasteiger charge is 2.30. The van der Waals surface area contributed by atoms with E-state index < -0.39 is 0 Å². The summed E-state index contributed by atoms with van der Waals surface area (Å²) in [6.07, 6.45) is 1.51. The Balaban J connectivity index is 1.93. The van der Waals surface area contributed by atoms with Crippen LogP contribution >= 0.6 is 34.9 Å². The highest BCUT2D eigenvalue weighted by atomic mass is 35.5. The Kier molecular flexibility index (Phi) is 3.93. The van der Waals surface area contributed by atoms with Crippen LogP contribution in [0.2, 0.25) is 5.02 Å². The minimum Gasteiger partial charge on any atom is -0.324 e. The molecule has 2 heterocycles. The summed E-state index contributed by atoms with van der Waals surface area (Å²) in [4.78, 5) is 16.9. The molecule has 5 nitrogen and oxygen atoms in total. The molecule has 1 aliphatic rings. The second-order valence-electron chi connectivity index (χ2n) is 4.16. The maximum Gasteiger partial charge on any atom is 0.246 e. The van der Waals surface area contributed by atoms with Crippen molar-refractivity contribution in [3.05, 3.63) is 29.0 Å². The Morgan fingerprint density at radius 3 is 3.10 bits per heavy atom. The van der Waals surface area contributed by atoms with Crippen molar-refractivity contribution < 1.29 is 4.79 Å². The van der Waals surface area contributed by atoms with Crippen LogP contribution in [0.25, 0.3) is 0 Å². The van der Waals surface area contributed by atoms with Crippen molar-refractivity contribution in [3.63, 3.8) is 0 Å². The number of likely N-dealkylation sites (N-methyl/N-ethyl adjacent to an activating group) is 1. The van der Waals surface area contributed by atoms with E-state index in [9.17, 15) is 4.79 Å². The molecule has 1 aromatic carbocycles. The van der Waals surface area contributed by atoms with Crippen molar-refractivity contribution in [3.8, 4) is 0 Å². The van der Waals surface area contributed by atoms with Crippen molar-refractivity contribution >= 4 is 46.5 Å². The van der Waals surface area contributed by atoms with E-state index in [1.807, 2.05) is 19.1 Å². The molecule has 0 aliphatic carbocycles. The summed E-state index contributed by atoms with van der Waals surface area (Å²) in [6, 6.07) is 3.40. The third-order valence-corrected chi connectivity index (χ3v) is 5.08. The minimum atomic E-state index is -0.326. The van der Waals surface area contributed by atoms with E-state index in [0.717, 1.165) is 27.0 Å². The van der Waals surface area contributed by atoms with Crippen LogP contribution in [0, 0.1) is 0 Å². The van der Waals surface area contributed by atoms with Gasteiger partial charge in [0.25, 0.3) is 0 Å². The normalized spacial score (nSPS) is 17.1. The SMILES string of the molecule is CCNC1C(=O)Nc2cc(Sc3ncns3)c(Cl)cc21. The summed E-state index contributed by atoms with van der Waals surface area (Å²) in [5.74, 6) is -0.0454. The number of halogens is 1. The van der Waals surface area contributed by atoms with Gasteiger partial charge in [0.05, 0.1) is 5.02 Å². The van der Waals surface area contributed by atoms with Gasteiger partial charge in [0.15, 0.2) is 4.34 Å². The van der Waals surface area contributed by atoms with Gasteiger partial charge in [0, 0.05) is 16.1 Å². The van der Waals surface area contributed by atoms with Crippen molar-refractivity contribution in [2.75, 3.05) is 11.9 Å². The molecule has 1 atom stereocenters. The van der Waals surface area contributed by atoms with Gasteiger partial charge in [0.1, 0.15) is 12.4 Å². The van der Waals surface area contributed by atoms with E-state index in [1.165, 1.54) is 29.6 Å². The number of carbonyl (C=O) groups is 1. The smallest absolute Gasteiger partial charge is 0.246 e. The summed E-state index contributed by atoms with van der Waals surface area (Å²) in [7, 11) is 0. The molecular formula is C12H11ClN4OS2. The molecule has 104 valence electrons. The molecule has 2 N–H and O–H groups in total. The first-order chi connectivity index (χ1) is 9.69. The van der Waals surface area contributed by atoms with E-state index in [4.69, 9.17) is 11.6 Å². The number of rotatable bonds is 4. The predicted molar refractivity (Wildman–Crippen MR) is 80.5 cm³/mol. The van der Waals surface area contributed by atoms with Crippen LogP contribution in [-0.4, -0.2) is 21.8 Å². The van der Waals surface area contributed by atoms with Gasteiger partial charge in [-0.2, -0.15) is 4.37 Å². The molecule has 0 bridgehead atoms. The fraction of sp³-hybridized carbons (Fsp3) is 0.250. The number of hydrogen-bond acceptors (Lipinski definition) is 6. The third-order valence-electron chi connectivity index (χ3n) is 2.88. The van der Waals surface area contributed by atoms with Gasteiger partial charge < -0.3 is 10.6 Å². The number of hydrogen-bond donors (Lipinski definition) is 2. The molecule has 8 heteroatoms. The van der Waals surface area contributed by atoms with E-state index in [-0.39, 0.29) is 11.9 Å². The van der Waals surface area contributed by atoms with Gasteiger partial charge in [-0.05, 0) is 30.2 Å². The van der Waals surface area contributed by atoms with Crippen LogP contribution in [-0.2, 0) is 4.79 Å².